The van der Waals surface area contributed by atoms with Crippen LogP contribution >= 0.6 is 0 Å². The van der Waals surface area contributed by atoms with Gasteiger partial charge >= 0.3 is 0 Å². The molecule has 1 aromatic carbocycles. The van der Waals surface area contributed by atoms with E-state index in [1.54, 1.807) is 5.56 Å². The fraction of sp³-hybridized carbons (Fsp3) is 0.647. The molecule has 2 nitrogen and oxygen atoms in total. The molecule has 0 radical (unpaired) electrons. The highest BCUT2D eigenvalue weighted by molar-refractivity contribution is 5.36. The number of nitrogens with two attached hydrogens (primary N) is 1. The molecule has 2 aliphatic rings. The maximum atomic E-state index is 5.88. The van der Waals surface area contributed by atoms with E-state index >= 15 is 0 Å². The van der Waals surface area contributed by atoms with Gasteiger partial charge in [-0.05, 0) is 36.3 Å². The van der Waals surface area contributed by atoms with Gasteiger partial charge in [0.2, 0.25) is 0 Å². The third-order valence-corrected chi connectivity index (χ3v) is 5.19. The molecule has 0 bridgehead atoms. The largest absolute Gasteiger partial charge is 0.271 e. The lowest BCUT2D eigenvalue weighted by Crippen LogP contribution is -2.40. The van der Waals surface area contributed by atoms with E-state index in [0.29, 0.717) is 12.0 Å². The Morgan fingerprint density at radius 2 is 1.89 bits per heavy atom. The molecule has 2 aliphatic carbocycles. The van der Waals surface area contributed by atoms with Crippen molar-refractivity contribution in [1.82, 2.24) is 5.43 Å². The second-order valence-electron chi connectivity index (χ2n) is 6.36. The Balaban J connectivity index is 1.69. The van der Waals surface area contributed by atoms with E-state index in [4.69, 9.17) is 5.84 Å². The first-order valence-corrected chi connectivity index (χ1v) is 7.92. The molecule has 19 heavy (non-hydrogen) atoms. The van der Waals surface area contributed by atoms with Gasteiger partial charge < -0.3 is 0 Å². The number of fused-ring (bicyclic) bond motifs is 1. The van der Waals surface area contributed by atoms with E-state index in [0.717, 1.165) is 5.92 Å². The monoisotopic (exact) mass is 258 g/mol. The van der Waals surface area contributed by atoms with Crippen LogP contribution in [-0.4, -0.2) is 6.04 Å². The van der Waals surface area contributed by atoms with Crippen molar-refractivity contribution >= 4 is 0 Å². The number of nitrogens with one attached hydrogen (secondary N) is 1. The van der Waals surface area contributed by atoms with Crippen molar-refractivity contribution in [2.75, 3.05) is 0 Å². The number of rotatable bonds is 4. The SMILES string of the molecule is NNC(CC1CCCCC1)C1CCc2ccccc21. The fourth-order valence-corrected chi connectivity index (χ4v) is 4.14. The summed E-state index contributed by atoms with van der Waals surface area (Å²) in [6, 6.07) is 9.38. The summed E-state index contributed by atoms with van der Waals surface area (Å²) >= 11 is 0. The maximum absolute atomic E-state index is 5.88. The number of benzene rings is 1. The van der Waals surface area contributed by atoms with Crippen molar-refractivity contribution in [3.8, 4) is 0 Å². The average molecular weight is 258 g/mol. The molecule has 1 saturated carbocycles. The van der Waals surface area contributed by atoms with E-state index in [-0.39, 0.29) is 0 Å². The zero-order valence-corrected chi connectivity index (χ0v) is 11.8. The Kier molecular flexibility index (Phi) is 4.19. The maximum Gasteiger partial charge on any atom is 0.0282 e. The normalized spacial score (nSPS) is 25.2. The van der Waals surface area contributed by atoms with Gasteiger partial charge in [0.25, 0.3) is 0 Å². The smallest absolute Gasteiger partial charge is 0.0282 e. The highest BCUT2D eigenvalue weighted by Gasteiger charge is 2.30. The average Bonchev–Trinajstić information content (AvgIpc) is 2.90. The number of hydrogen-bond donors (Lipinski definition) is 2. The Bertz CT molecular complexity index is 409. The van der Waals surface area contributed by atoms with Gasteiger partial charge in [-0.15, -0.1) is 0 Å². The molecule has 0 heterocycles. The zero-order valence-electron chi connectivity index (χ0n) is 11.8. The van der Waals surface area contributed by atoms with Crippen LogP contribution in [-0.2, 0) is 6.42 Å². The molecule has 0 spiro atoms. The standard InChI is InChI=1S/C17H26N2/c18-19-17(12-13-6-2-1-3-7-13)16-11-10-14-8-4-5-9-15(14)16/h4-5,8-9,13,16-17,19H,1-3,6-7,10-12,18H2. The summed E-state index contributed by atoms with van der Waals surface area (Å²) in [5, 5.41) is 0. The molecule has 0 aliphatic heterocycles. The molecule has 1 aromatic rings. The lowest BCUT2D eigenvalue weighted by Gasteiger charge is -2.30. The zero-order chi connectivity index (χ0) is 13.1. The molecular formula is C17H26N2. The van der Waals surface area contributed by atoms with Gasteiger partial charge in [0.15, 0.2) is 0 Å². The summed E-state index contributed by atoms with van der Waals surface area (Å²) < 4.78 is 0. The molecule has 2 atom stereocenters. The first kappa shape index (κ1) is 13.1. The van der Waals surface area contributed by atoms with Gasteiger partial charge in [-0.3, -0.25) is 11.3 Å². The van der Waals surface area contributed by atoms with Crippen LogP contribution in [0.1, 0.15) is 62.0 Å². The van der Waals surface area contributed by atoms with Crippen LogP contribution in [0.4, 0.5) is 0 Å². The topological polar surface area (TPSA) is 38.0 Å². The van der Waals surface area contributed by atoms with E-state index < -0.39 is 0 Å². The van der Waals surface area contributed by atoms with E-state index in [2.05, 4.69) is 29.7 Å². The molecule has 1 fully saturated rings. The minimum atomic E-state index is 0.465. The quantitative estimate of drug-likeness (QED) is 0.640. The third kappa shape index (κ3) is 2.85. The summed E-state index contributed by atoms with van der Waals surface area (Å²) in [5.74, 6) is 7.40. The molecule has 3 rings (SSSR count). The van der Waals surface area contributed by atoms with Crippen LogP contribution in [0.5, 0.6) is 0 Å². The predicted octanol–water partition coefficient (Wildman–Crippen LogP) is 3.52. The summed E-state index contributed by atoms with van der Waals surface area (Å²) in [4.78, 5) is 0. The summed E-state index contributed by atoms with van der Waals surface area (Å²) in [6.45, 7) is 0. The molecule has 0 saturated heterocycles. The molecule has 3 N–H and O–H groups in total. The van der Waals surface area contributed by atoms with Crippen molar-refractivity contribution < 1.29 is 0 Å². The molecule has 104 valence electrons. The Labute approximate surface area is 116 Å². The second-order valence-corrected chi connectivity index (χ2v) is 6.36. The predicted molar refractivity (Wildman–Crippen MR) is 79.8 cm³/mol. The van der Waals surface area contributed by atoms with Crippen LogP contribution in [0.15, 0.2) is 24.3 Å². The minimum absolute atomic E-state index is 0.465. The Morgan fingerprint density at radius 3 is 2.68 bits per heavy atom. The minimum Gasteiger partial charge on any atom is -0.271 e. The molecular weight excluding hydrogens is 232 g/mol. The number of aryl methyl sites for hydroxylation is 1. The first-order valence-electron chi connectivity index (χ1n) is 7.92. The number of hydrogen-bond acceptors (Lipinski definition) is 2. The molecule has 0 aromatic heterocycles. The van der Waals surface area contributed by atoms with Crippen molar-refractivity contribution in [2.45, 2.75) is 63.3 Å². The van der Waals surface area contributed by atoms with Crippen LogP contribution in [0.25, 0.3) is 0 Å². The second kappa shape index (κ2) is 6.06. The van der Waals surface area contributed by atoms with Gasteiger partial charge in [0, 0.05) is 12.0 Å². The molecule has 2 unspecified atom stereocenters. The summed E-state index contributed by atoms with van der Waals surface area (Å²) in [7, 11) is 0. The van der Waals surface area contributed by atoms with Gasteiger partial charge in [-0.25, -0.2) is 0 Å². The van der Waals surface area contributed by atoms with Gasteiger partial charge in [0.05, 0.1) is 0 Å². The van der Waals surface area contributed by atoms with E-state index in [1.807, 2.05) is 0 Å². The van der Waals surface area contributed by atoms with Gasteiger partial charge in [0.1, 0.15) is 0 Å². The number of hydrazine groups is 1. The van der Waals surface area contributed by atoms with Crippen molar-refractivity contribution in [3.05, 3.63) is 35.4 Å². The third-order valence-electron chi connectivity index (χ3n) is 5.19. The lowest BCUT2D eigenvalue weighted by atomic mass is 9.80. The fourth-order valence-electron chi connectivity index (χ4n) is 4.14. The van der Waals surface area contributed by atoms with Crippen LogP contribution < -0.4 is 11.3 Å². The molecule has 2 heteroatoms. The van der Waals surface area contributed by atoms with Crippen LogP contribution in [0, 0.1) is 5.92 Å². The summed E-state index contributed by atoms with van der Waals surface area (Å²) in [5.41, 5.74) is 6.21. The summed E-state index contributed by atoms with van der Waals surface area (Å²) in [6.07, 6.45) is 10.8. The van der Waals surface area contributed by atoms with Crippen LogP contribution in [0.3, 0.4) is 0 Å². The lowest BCUT2D eigenvalue weighted by molar-refractivity contribution is 0.278. The van der Waals surface area contributed by atoms with E-state index in [1.165, 1.54) is 56.9 Å². The Hall–Kier alpha value is -0.860. The van der Waals surface area contributed by atoms with Crippen LogP contribution in [0.2, 0.25) is 0 Å². The van der Waals surface area contributed by atoms with E-state index in [9.17, 15) is 0 Å². The van der Waals surface area contributed by atoms with Crippen molar-refractivity contribution in [2.24, 2.45) is 11.8 Å². The first-order chi connectivity index (χ1) is 9.38. The highest BCUT2D eigenvalue weighted by Crippen LogP contribution is 2.38. The highest BCUT2D eigenvalue weighted by atomic mass is 15.2. The van der Waals surface area contributed by atoms with Crippen molar-refractivity contribution in [3.63, 3.8) is 0 Å². The van der Waals surface area contributed by atoms with Gasteiger partial charge in [-0.1, -0.05) is 56.4 Å². The molecule has 0 amide bonds. The Morgan fingerprint density at radius 1 is 1.11 bits per heavy atom. The van der Waals surface area contributed by atoms with Crippen molar-refractivity contribution in [1.29, 1.82) is 0 Å². The van der Waals surface area contributed by atoms with Gasteiger partial charge in [-0.2, -0.15) is 0 Å².